The average Bonchev–Trinajstić information content (AvgIpc) is 3.14. The molecule has 0 aromatic rings. The van der Waals surface area contributed by atoms with Crippen molar-refractivity contribution in [1.29, 1.82) is 0 Å². The van der Waals surface area contributed by atoms with E-state index in [1.807, 2.05) is 11.9 Å². The van der Waals surface area contributed by atoms with Crippen LogP contribution in [-0.4, -0.2) is 36.0 Å². The summed E-state index contributed by atoms with van der Waals surface area (Å²) in [5.74, 6) is 0.238. The van der Waals surface area contributed by atoms with Crippen molar-refractivity contribution in [1.82, 2.24) is 10.2 Å². The van der Waals surface area contributed by atoms with Gasteiger partial charge in [0.2, 0.25) is 5.91 Å². The van der Waals surface area contributed by atoms with Crippen LogP contribution in [0.5, 0.6) is 0 Å². The highest BCUT2D eigenvalue weighted by Gasteiger charge is 2.30. The van der Waals surface area contributed by atoms with Crippen molar-refractivity contribution >= 4 is 5.91 Å². The number of rotatable bonds is 7. The number of amides is 1. The van der Waals surface area contributed by atoms with E-state index in [2.05, 4.69) is 26.1 Å². The molecule has 0 atom stereocenters. The van der Waals surface area contributed by atoms with Crippen molar-refractivity contribution < 1.29 is 4.79 Å². The zero-order valence-electron chi connectivity index (χ0n) is 11.2. The van der Waals surface area contributed by atoms with Crippen LogP contribution in [0.3, 0.4) is 0 Å². The molecule has 16 heavy (non-hydrogen) atoms. The Morgan fingerprint density at radius 2 is 1.75 bits per heavy atom. The molecule has 0 saturated heterocycles. The molecule has 0 aromatic carbocycles. The molecule has 1 aliphatic carbocycles. The Bertz CT molecular complexity index is 224. The van der Waals surface area contributed by atoms with E-state index in [1.165, 1.54) is 12.8 Å². The molecule has 0 bridgehead atoms. The summed E-state index contributed by atoms with van der Waals surface area (Å²) in [6.07, 6.45) is 5.62. The number of carbonyl (C=O) groups excluding carboxylic acids is 1. The van der Waals surface area contributed by atoms with Crippen molar-refractivity contribution in [3.63, 3.8) is 0 Å². The first kappa shape index (κ1) is 13.5. The Hall–Kier alpha value is -0.570. The van der Waals surface area contributed by atoms with Gasteiger partial charge < -0.3 is 10.2 Å². The second kappa shape index (κ2) is 5.67. The van der Waals surface area contributed by atoms with E-state index in [0.29, 0.717) is 12.6 Å². The van der Waals surface area contributed by atoms with Crippen molar-refractivity contribution in [2.24, 2.45) is 0 Å². The summed E-state index contributed by atoms with van der Waals surface area (Å²) < 4.78 is 0. The van der Waals surface area contributed by atoms with Crippen LogP contribution in [0.15, 0.2) is 0 Å². The first-order chi connectivity index (χ1) is 7.58. The average molecular weight is 226 g/mol. The maximum atomic E-state index is 11.9. The predicted molar refractivity (Wildman–Crippen MR) is 67.4 cm³/mol. The Morgan fingerprint density at radius 3 is 2.12 bits per heavy atom. The van der Waals surface area contributed by atoms with Gasteiger partial charge in [-0.3, -0.25) is 4.79 Å². The summed E-state index contributed by atoms with van der Waals surface area (Å²) >= 11 is 0. The lowest BCUT2D eigenvalue weighted by atomic mass is 9.90. The first-order valence-electron chi connectivity index (χ1n) is 6.59. The van der Waals surface area contributed by atoms with Crippen LogP contribution in [0, 0.1) is 0 Å². The molecule has 0 radical (unpaired) electrons. The molecular weight excluding hydrogens is 200 g/mol. The van der Waals surface area contributed by atoms with Gasteiger partial charge in [0.1, 0.15) is 0 Å². The third kappa shape index (κ3) is 3.21. The van der Waals surface area contributed by atoms with E-state index in [-0.39, 0.29) is 11.4 Å². The van der Waals surface area contributed by atoms with Crippen LogP contribution in [0.2, 0.25) is 0 Å². The third-order valence-corrected chi connectivity index (χ3v) is 4.13. The molecule has 0 unspecified atom stereocenters. The topological polar surface area (TPSA) is 32.3 Å². The largest absolute Gasteiger partial charge is 0.342 e. The van der Waals surface area contributed by atoms with Crippen molar-refractivity contribution in [2.45, 2.75) is 64.5 Å². The number of nitrogens with one attached hydrogen (secondary N) is 1. The van der Waals surface area contributed by atoms with Gasteiger partial charge in [-0.15, -0.1) is 0 Å². The van der Waals surface area contributed by atoms with Crippen LogP contribution in [0.4, 0.5) is 0 Å². The van der Waals surface area contributed by atoms with Gasteiger partial charge in [-0.2, -0.15) is 0 Å². The molecule has 0 heterocycles. The quantitative estimate of drug-likeness (QED) is 0.721. The smallest absolute Gasteiger partial charge is 0.236 e. The summed E-state index contributed by atoms with van der Waals surface area (Å²) in [5.41, 5.74) is 0.153. The molecule has 1 aliphatic rings. The van der Waals surface area contributed by atoms with Gasteiger partial charge in [0, 0.05) is 18.6 Å². The SMILES string of the molecule is CCC(CC)(CC)NCC(=O)N(C)C1CC1. The fraction of sp³-hybridized carbons (Fsp3) is 0.923. The molecule has 0 aliphatic heterocycles. The fourth-order valence-corrected chi connectivity index (χ4v) is 2.18. The van der Waals surface area contributed by atoms with E-state index in [9.17, 15) is 4.79 Å². The standard InChI is InChI=1S/C13H26N2O/c1-5-13(6-2,7-3)14-10-12(16)15(4)11-8-9-11/h11,14H,5-10H2,1-4H3. The lowest BCUT2D eigenvalue weighted by molar-refractivity contribution is -0.129. The molecular formula is C13H26N2O. The minimum atomic E-state index is 0.153. The number of carbonyl (C=O) groups is 1. The number of hydrogen-bond acceptors (Lipinski definition) is 2. The van der Waals surface area contributed by atoms with E-state index < -0.39 is 0 Å². The van der Waals surface area contributed by atoms with Crippen LogP contribution in [-0.2, 0) is 4.79 Å². The monoisotopic (exact) mass is 226 g/mol. The summed E-state index contributed by atoms with van der Waals surface area (Å²) in [6, 6.07) is 0.522. The number of likely N-dealkylation sites (N-methyl/N-ethyl adjacent to an activating group) is 1. The maximum absolute atomic E-state index is 11.9. The Morgan fingerprint density at radius 1 is 1.25 bits per heavy atom. The molecule has 1 fully saturated rings. The summed E-state index contributed by atoms with van der Waals surface area (Å²) in [7, 11) is 1.92. The van der Waals surface area contributed by atoms with Crippen molar-refractivity contribution in [3.05, 3.63) is 0 Å². The highest BCUT2D eigenvalue weighted by atomic mass is 16.2. The maximum Gasteiger partial charge on any atom is 0.236 e. The minimum absolute atomic E-state index is 0.153. The molecule has 1 N–H and O–H groups in total. The zero-order valence-corrected chi connectivity index (χ0v) is 11.2. The van der Waals surface area contributed by atoms with Crippen LogP contribution in [0.25, 0.3) is 0 Å². The highest BCUT2D eigenvalue weighted by Crippen LogP contribution is 2.25. The van der Waals surface area contributed by atoms with Gasteiger partial charge >= 0.3 is 0 Å². The molecule has 0 aromatic heterocycles. The van der Waals surface area contributed by atoms with Gasteiger partial charge in [-0.05, 0) is 32.1 Å². The second-order valence-electron chi connectivity index (χ2n) is 4.93. The zero-order chi connectivity index (χ0) is 12.2. The highest BCUT2D eigenvalue weighted by molar-refractivity contribution is 5.78. The predicted octanol–water partition coefficient (Wildman–Crippen LogP) is 2.17. The van der Waals surface area contributed by atoms with Crippen molar-refractivity contribution in [3.8, 4) is 0 Å². The molecule has 1 amide bonds. The van der Waals surface area contributed by atoms with E-state index in [4.69, 9.17) is 0 Å². The van der Waals surface area contributed by atoms with Gasteiger partial charge in [0.15, 0.2) is 0 Å². The van der Waals surface area contributed by atoms with E-state index >= 15 is 0 Å². The fourth-order valence-electron chi connectivity index (χ4n) is 2.18. The third-order valence-electron chi connectivity index (χ3n) is 4.13. The van der Waals surface area contributed by atoms with Gasteiger partial charge in [-0.25, -0.2) is 0 Å². The van der Waals surface area contributed by atoms with Gasteiger partial charge in [0.25, 0.3) is 0 Å². The summed E-state index contributed by atoms with van der Waals surface area (Å²) in [5, 5.41) is 3.45. The van der Waals surface area contributed by atoms with Crippen LogP contribution >= 0.6 is 0 Å². The molecule has 1 rings (SSSR count). The summed E-state index contributed by atoms with van der Waals surface area (Å²) in [6.45, 7) is 7.06. The minimum Gasteiger partial charge on any atom is -0.342 e. The number of hydrogen-bond donors (Lipinski definition) is 1. The van der Waals surface area contributed by atoms with Gasteiger partial charge in [-0.1, -0.05) is 20.8 Å². The Labute approximate surface area is 99.6 Å². The normalized spacial score (nSPS) is 16.2. The molecule has 0 spiro atoms. The summed E-state index contributed by atoms with van der Waals surface area (Å²) in [4.78, 5) is 13.8. The van der Waals surface area contributed by atoms with E-state index in [0.717, 1.165) is 19.3 Å². The molecule has 3 heteroatoms. The molecule has 1 saturated carbocycles. The number of nitrogens with zero attached hydrogens (tertiary/aromatic N) is 1. The van der Waals surface area contributed by atoms with Crippen LogP contribution < -0.4 is 5.32 Å². The lowest BCUT2D eigenvalue weighted by Gasteiger charge is -2.32. The van der Waals surface area contributed by atoms with E-state index in [1.54, 1.807) is 0 Å². The van der Waals surface area contributed by atoms with Crippen molar-refractivity contribution in [2.75, 3.05) is 13.6 Å². The Balaban J connectivity index is 2.38. The Kier molecular flexibility index (Phi) is 4.78. The second-order valence-corrected chi connectivity index (χ2v) is 4.93. The molecule has 94 valence electrons. The molecule has 3 nitrogen and oxygen atoms in total. The first-order valence-corrected chi connectivity index (χ1v) is 6.59. The van der Waals surface area contributed by atoms with Gasteiger partial charge in [0.05, 0.1) is 6.54 Å². The van der Waals surface area contributed by atoms with Crippen LogP contribution in [0.1, 0.15) is 52.9 Å². The lowest BCUT2D eigenvalue weighted by Crippen LogP contribution is -2.48.